The lowest BCUT2D eigenvalue weighted by atomic mass is 9.85. The van der Waals surface area contributed by atoms with Crippen LogP contribution in [0.3, 0.4) is 0 Å². The van der Waals surface area contributed by atoms with Gasteiger partial charge in [0.2, 0.25) is 0 Å². The lowest BCUT2D eigenvalue weighted by molar-refractivity contribution is 0.476. The van der Waals surface area contributed by atoms with Crippen LogP contribution in [0.2, 0.25) is 0 Å². The van der Waals surface area contributed by atoms with Gasteiger partial charge >= 0.3 is 0 Å². The number of fused-ring (bicyclic) bond motifs is 4. The molecule has 0 spiro atoms. The Hall–Kier alpha value is -9.66. The zero-order valence-corrected chi connectivity index (χ0v) is 40.5. The molecule has 0 radical (unpaired) electrons. The highest BCUT2D eigenvalue weighted by molar-refractivity contribution is 6.16. The molecule has 12 aromatic rings. The molecule has 8 heteroatoms. The van der Waals surface area contributed by atoms with Gasteiger partial charge in [-0.05, 0) is 102 Å². The average molecular weight is 997 g/mol. The SMILES string of the molecule is Oc1c(C=N[C@H](c2ccccc2)[C@H](N=Cc2cc3ccccc3c(-c3c(-c4c(F)cccc4F)ccc4ccccc34)c2O)c2ccccc2)cc2ccccc2c1-c1c(-c2c(F)cccc2F)ccc2ccccc12. The Kier molecular flexibility index (Phi) is 12.5. The van der Waals surface area contributed by atoms with Gasteiger partial charge in [0, 0.05) is 45.8 Å². The van der Waals surface area contributed by atoms with Crippen LogP contribution in [0, 0.1) is 23.3 Å². The van der Waals surface area contributed by atoms with Crippen LogP contribution >= 0.6 is 0 Å². The molecule has 0 aliphatic carbocycles. The van der Waals surface area contributed by atoms with E-state index < -0.39 is 35.4 Å². The lowest BCUT2D eigenvalue weighted by Gasteiger charge is -2.23. The molecule has 0 saturated carbocycles. The van der Waals surface area contributed by atoms with Crippen molar-refractivity contribution in [3.63, 3.8) is 0 Å². The van der Waals surface area contributed by atoms with E-state index in [1.54, 1.807) is 24.6 Å². The van der Waals surface area contributed by atoms with E-state index in [0.29, 0.717) is 54.9 Å². The van der Waals surface area contributed by atoms with Gasteiger partial charge in [-0.25, -0.2) is 17.6 Å². The number of phenolic OH excluding ortho intramolecular Hbond substituents is 2. The van der Waals surface area contributed by atoms with Gasteiger partial charge in [-0.1, -0.05) is 194 Å². The summed E-state index contributed by atoms with van der Waals surface area (Å²) in [6, 6.07) is 66.4. The third kappa shape index (κ3) is 8.49. The first-order chi connectivity index (χ1) is 37.2. The number of rotatable bonds is 11. The maximum absolute atomic E-state index is 15.9. The Morgan fingerprint density at radius 1 is 0.303 bits per heavy atom. The van der Waals surface area contributed by atoms with Crippen molar-refractivity contribution in [1.82, 2.24) is 0 Å². The van der Waals surface area contributed by atoms with Gasteiger partial charge < -0.3 is 10.2 Å². The fraction of sp³-hybridized carbons (Fsp3) is 0.0294. The highest BCUT2D eigenvalue weighted by Gasteiger charge is 2.28. The van der Waals surface area contributed by atoms with Crippen molar-refractivity contribution in [3.05, 3.63) is 276 Å². The summed E-state index contributed by atoms with van der Waals surface area (Å²) in [5.74, 6) is -3.22. The highest BCUT2D eigenvalue weighted by Crippen LogP contribution is 2.50. The van der Waals surface area contributed by atoms with E-state index in [4.69, 9.17) is 9.98 Å². The molecule has 12 aromatic carbocycles. The fourth-order valence-electron chi connectivity index (χ4n) is 10.7. The van der Waals surface area contributed by atoms with Crippen LogP contribution in [0.1, 0.15) is 34.3 Å². The minimum atomic E-state index is -0.735. The van der Waals surface area contributed by atoms with Gasteiger partial charge in [-0.2, -0.15) is 0 Å². The molecule has 12 rings (SSSR count). The van der Waals surface area contributed by atoms with Gasteiger partial charge in [0.1, 0.15) is 46.9 Å². The van der Waals surface area contributed by atoms with Gasteiger partial charge in [0.05, 0.1) is 11.1 Å². The Bertz CT molecular complexity index is 3960. The van der Waals surface area contributed by atoms with E-state index >= 15 is 17.6 Å². The van der Waals surface area contributed by atoms with Crippen molar-refractivity contribution >= 4 is 55.5 Å². The maximum Gasteiger partial charge on any atom is 0.133 e. The molecule has 2 atom stereocenters. The summed E-state index contributed by atoms with van der Waals surface area (Å²) < 4.78 is 63.4. The van der Waals surface area contributed by atoms with Gasteiger partial charge in [0.15, 0.2) is 0 Å². The third-order valence-corrected chi connectivity index (χ3v) is 14.3. The molecule has 0 fully saturated rings. The lowest BCUT2D eigenvalue weighted by Crippen LogP contribution is -2.09. The molecule has 4 nitrogen and oxygen atoms in total. The van der Waals surface area contributed by atoms with Crippen molar-refractivity contribution in [2.45, 2.75) is 12.1 Å². The Morgan fingerprint density at radius 2 is 0.618 bits per heavy atom. The molecule has 0 unspecified atom stereocenters. The fourth-order valence-corrected chi connectivity index (χ4v) is 10.7. The monoisotopic (exact) mass is 996 g/mol. The molecule has 0 heterocycles. The van der Waals surface area contributed by atoms with Crippen molar-refractivity contribution in [1.29, 1.82) is 0 Å². The first-order valence-electron chi connectivity index (χ1n) is 24.8. The molecule has 76 heavy (non-hydrogen) atoms. The molecule has 0 aliphatic rings. The van der Waals surface area contributed by atoms with E-state index in [0.717, 1.165) is 32.7 Å². The van der Waals surface area contributed by atoms with Gasteiger partial charge in [0.25, 0.3) is 0 Å². The molecule has 0 saturated heterocycles. The van der Waals surface area contributed by atoms with Crippen molar-refractivity contribution in [2.24, 2.45) is 9.98 Å². The van der Waals surface area contributed by atoms with E-state index in [-0.39, 0.29) is 33.8 Å². The maximum atomic E-state index is 15.9. The van der Waals surface area contributed by atoms with E-state index in [1.165, 1.54) is 36.4 Å². The zero-order chi connectivity index (χ0) is 51.9. The minimum absolute atomic E-state index is 0.139. The molecule has 0 aromatic heterocycles. The quantitative estimate of drug-likeness (QED) is 0.100. The van der Waals surface area contributed by atoms with E-state index in [2.05, 4.69) is 0 Å². The average Bonchev–Trinajstić information content (AvgIpc) is 3.55. The van der Waals surface area contributed by atoms with Gasteiger partial charge in [-0.15, -0.1) is 0 Å². The van der Waals surface area contributed by atoms with E-state index in [9.17, 15) is 10.2 Å². The van der Waals surface area contributed by atoms with E-state index in [1.807, 2.05) is 182 Å². The van der Waals surface area contributed by atoms with Gasteiger partial charge in [-0.3, -0.25) is 9.98 Å². The number of nitrogens with zero attached hydrogens (tertiary/aromatic N) is 2. The van der Waals surface area contributed by atoms with Crippen molar-refractivity contribution in [2.75, 3.05) is 0 Å². The number of halogens is 4. The zero-order valence-electron chi connectivity index (χ0n) is 40.5. The first kappa shape index (κ1) is 47.4. The summed E-state index contributed by atoms with van der Waals surface area (Å²) in [5, 5.41) is 31.4. The number of hydrogen-bond acceptors (Lipinski definition) is 4. The van der Waals surface area contributed by atoms with Crippen LogP contribution < -0.4 is 0 Å². The predicted octanol–water partition coefficient (Wildman–Crippen LogP) is 18.0. The molecule has 0 aliphatic heterocycles. The summed E-state index contributed by atoms with van der Waals surface area (Å²) >= 11 is 0. The second kappa shape index (κ2) is 20.0. The van der Waals surface area contributed by atoms with Crippen LogP contribution in [0.15, 0.2) is 241 Å². The molecule has 0 amide bonds. The number of phenols is 2. The number of aliphatic imine (C=N–C) groups is 2. The van der Waals surface area contributed by atoms with Crippen LogP contribution in [0.4, 0.5) is 17.6 Å². The smallest absolute Gasteiger partial charge is 0.133 e. The molecule has 0 bridgehead atoms. The largest absolute Gasteiger partial charge is 0.507 e. The second-order valence-electron chi connectivity index (χ2n) is 18.7. The number of benzene rings is 12. The molecular weight excluding hydrogens is 953 g/mol. The van der Waals surface area contributed by atoms with Crippen LogP contribution in [-0.2, 0) is 0 Å². The first-order valence-corrected chi connectivity index (χ1v) is 24.8. The summed E-state index contributed by atoms with van der Waals surface area (Å²) in [4.78, 5) is 10.6. The Labute approximate surface area is 435 Å². The van der Waals surface area contributed by atoms with Crippen LogP contribution in [0.25, 0.3) is 87.6 Å². The van der Waals surface area contributed by atoms with Crippen molar-refractivity contribution < 1.29 is 27.8 Å². The third-order valence-electron chi connectivity index (χ3n) is 14.3. The molecule has 2 N–H and O–H groups in total. The minimum Gasteiger partial charge on any atom is -0.507 e. The standard InChI is InChI=1S/C68H44F4N2O2/c69-55-29-15-30-56(70)61(55)53-35-33-41-17-7-11-25-49(41)59(53)63-51-27-13-9-23-45(51)37-47(67(63)75)39-73-65(43-19-3-1-4-20-43)66(44-21-5-2-6-22-44)74-40-48-38-46-24-10-14-28-52(46)64(68(48)76)60-50-26-12-8-18-42(50)34-36-54(60)62-57(71)31-16-32-58(62)72/h1-40,65-66,75-76H/t65-,66-/m1/s1. The van der Waals surface area contributed by atoms with Crippen LogP contribution in [0.5, 0.6) is 11.5 Å². The Balaban J connectivity index is 1.05. The predicted molar refractivity (Wildman–Crippen MR) is 301 cm³/mol. The van der Waals surface area contributed by atoms with Crippen LogP contribution in [-0.4, -0.2) is 22.6 Å². The molecular formula is C68H44F4N2O2. The normalized spacial score (nSPS) is 12.6. The van der Waals surface area contributed by atoms with Crippen molar-refractivity contribution in [3.8, 4) is 56.0 Å². The summed E-state index contributed by atoms with van der Waals surface area (Å²) in [6.07, 6.45) is 3.25. The summed E-state index contributed by atoms with van der Waals surface area (Å²) in [7, 11) is 0. The second-order valence-corrected chi connectivity index (χ2v) is 18.7. The topological polar surface area (TPSA) is 65.2 Å². The summed E-state index contributed by atoms with van der Waals surface area (Å²) in [5.41, 5.74) is 4.14. The number of aromatic hydroxyl groups is 2. The molecule has 366 valence electrons. The Morgan fingerprint density at radius 3 is 0.987 bits per heavy atom. The number of hydrogen-bond donors (Lipinski definition) is 2. The summed E-state index contributed by atoms with van der Waals surface area (Å²) in [6.45, 7) is 0. The highest BCUT2D eigenvalue weighted by atomic mass is 19.1.